The van der Waals surface area contributed by atoms with E-state index in [1.54, 1.807) is 31.2 Å². The highest BCUT2D eigenvalue weighted by Gasteiger charge is 2.11. The number of nitrogens with two attached hydrogens (primary N) is 1. The largest absolute Gasteiger partial charge is 0.508 e. The monoisotopic (exact) mass is 276 g/mol. The Labute approximate surface area is 115 Å². The summed E-state index contributed by atoms with van der Waals surface area (Å²) in [5.74, 6) is -0.167. The standard InChI is InChI=1S/C14H13ClN2O2/c1-8-6-10(18)3-5-13(8)17-14(19)11-4-2-9(16)7-12(11)15/h2-7,18H,16H2,1H3,(H,17,19). The van der Waals surface area contributed by atoms with E-state index in [1.165, 1.54) is 12.1 Å². The molecule has 0 spiro atoms. The van der Waals surface area contributed by atoms with Crippen molar-refractivity contribution in [2.75, 3.05) is 11.1 Å². The molecule has 0 aliphatic carbocycles. The Morgan fingerprint density at radius 3 is 2.63 bits per heavy atom. The lowest BCUT2D eigenvalue weighted by atomic mass is 10.1. The van der Waals surface area contributed by atoms with E-state index in [4.69, 9.17) is 17.3 Å². The molecule has 4 nitrogen and oxygen atoms in total. The topological polar surface area (TPSA) is 75.3 Å². The molecule has 2 rings (SSSR count). The van der Waals surface area contributed by atoms with Crippen LogP contribution in [0, 0.1) is 6.92 Å². The predicted molar refractivity (Wildman–Crippen MR) is 76.7 cm³/mol. The molecule has 2 aromatic carbocycles. The van der Waals surface area contributed by atoms with E-state index in [2.05, 4.69) is 5.32 Å². The van der Waals surface area contributed by atoms with E-state index in [1.807, 2.05) is 0 Å². The fourth-order valence-electron chi connectivity index (χ4n) is 1.69. The van der Waals surface area contributed by atoms with Gasteiger partial charge in [0.15, 0.2) is 0 Å². The molecule has 4 N–H and O–H groups in total. The summed E-state index contributed by atoms with van der Waals surface area (Å²) in [6.07, 6.45) is 0. The predicted octanol–water partition coefficient (Wildman–Crippen LogP) is 3.19. The lowest BCUT2D eigenvalue weighted by molar-refractivity contribution is 0.102. The molecule has 2 aromatic rings. The van der Waals surface area contributed by atoms with Crippen molar-refractivity contribution in [1.29, 1.82) is 0 Å². The Morgan fingerprint density at radius 1 is 1.26 bits per heavy atom. The van der Waals surface area contributed by atoms with Crippen LogP contribution in [0.5, 0.6) is 5.75 Å². The Hall–Kier alpha value is -2.20. The van der Waals surface area contributed by atoms with Gasteiger partial charge >= 0.3 is 0 Å². The molecule has 1 amide bonds. The molecule has 0 heterocycles. The van der Waals surface area contributed by atoms with Crippen LogP contribution in [0.1, 0.15) is 15.9 Å². The molecule has 5 heteroatoms. The van der Waals surface area contributed by atoms with Crippen molar-refractivity contribution in [1.82, 2.24) is 0 Å². The lowest BCUT2D eigenvalue weighted by Crippen LogP contribution is -2.13. The van der Waals surface area contributed by atoms with Crippen molar-refractivity contribution in [3.05, 3.63) is 52.5 Å². The molecule has 0 atom stereocenters. The molecule has 0 unspecified atom stereocenters. The van der Waals surface area contributed by atoms with Crippen LogP contribution in [0.3, 0.4) is 0 Å². The Morgan fingerprint density at radius 2 is 2.00 bits per heavy atom. The van der Waals surface area contributed by atoms with E-state index in [9.17, 15) is 9.90 Å². The van der Waals surface area contributed by atoms with Crippen LogP contribution in [0.25, 0.3) is 0 Å². The third-order valence-corrected chi connectivity index (χ3v) is 3.01. The van der Waals surface area contributed by atoms with Crippen LogP contribution in [-0.4, -0.2) is 11.0 Å². The van der Waals surface area contributed by atoms with E-state index in [-0.39, 0.29) is 11.7 Å². The second-order valence-electron chi connectivity index (χ2n) is 4.19. The molecular weight excluding hydrogens is 264 g/mol. The van der Waals surface area contributed by atoms with E-state index in [0.29, 0.717) is 22.0 Å². The summed E-state index contributed by atoms with van der Waals surface area (Å²) in [6.45, 7) is 1.79. The number of rotatable bonds is 2. The van der Waals surface area contributed by atoms with Crippen molar-refractivity contribution in [2.24, 2.45) is 0 Å². The number of benzene rings is 2. The summed E-state index contributed by atoms with van der Waals surface area (Å²) in [5, 5.41) is 12.4. The maximum Gasteiger partial charge on any atom is 0.257 e. The molecule has 0 saturated carbocycles. The van der Waals surface area contributed by atoms with Gasteiger partial charge in [0.25, 0.3) is 5.91 Å². The van der Waals surface area contributed by atoms with Gasteiger partial charge in [-0.2, -0.15) is 0 Å². The number of nitrogens with one attached hydrogen (secondary N) is 1. The second kappa shape index (κ2) is 5.20. The molecule has 19 heavy (non-hydrogen) atoms. The van der Waals surface area contributed by atoms with Gasteiger partial charge in [-0.15, -0.1) is 0 Å². The molecule has 0 aromatic heterocycles. The zero-order chi connectivity index (χ0) is 14.0. The number of aromatic hydroxyl groups is 1. The van der Waals surface area contributed by atoms with E-state index >= 15 is 0 Å². The van der Waals surface area contributed by atoms with Gasteiger partial charge < -0.3 is 16.2 Å². The minimum absolute atomic E-state index is 0.154. The van der Waals surface area contributed by atoms with Crippen LogP contribution in [0.4, 0.5) is 11.4 Å². The summed E-state index contributed by atoms with van der Waals surface area (Å²) >= 11 is 5.97. The molecule has 0 saturated heterocycles. The van der Waals surface area contributed by atoms with Crippen LogP contribution >= 0.6 is 11.6 Å². The van der Waals surface area contributed by atoms with Gasteiger partial charge in [-0.3, -0.25) is 4.79 Å². The highest BCUT2D eigenvalue weighted by molar-refractivity contribution is 6.34. The van der Waals surface area contributed by atoms with Gasteiger partial charge in [-0.05, 0) is 48.9 Å². The molecule has 0 fully saturated rings. The molecule has 0 bridgehead atoms. The number of aryl methyl sites for hydroxylation is 1. The second-order valence-corrected chi connectivity index (χ2v) is 4.60. The summed E-state index contributed by atoms with van der Waals surface area (Å²) in [5.41, 5.74) is 7.81. The first-order valence-corrected chi connectivity index (χ1v) is 6.01. The van der Waals surface area contributed by atoms with Gasteiger partial charge in [-0.25, -0.2) is 0 Å². The van der Waals surface area contributed by atoms with Gasteiger partial charge in [0, 0.05) is 11.4 Å². The normalized spacial score (nSPS) is 10.2. The average Bonchev–Trinajstić information content (AvgIpc) is 2.32. The van der Waals surface area contributed by atoms with Crippen LogP contribution in [0.15, 0.2) is 36.4 Å². The first kappa shape index (κ1) is 13.2. The van der Waals surface area contributed by atoms with E-state index < -0.39 is 0 Å². The number of nitrogen functional groups attached to an aromatic ring is 1. The zero-order valence-corrected chi connectivity index (χ0v) is 11.0. The smallest absolute Gasteiger partial charge is 0.257 e. The molecule has 0 radical (unpaired) electrons. The van der Waals surface area contributed by atoms with Crippen LogP contribution in [0.2, 0.25) is 5.02 Å². The Kier molecular flexibility index (Phi) is 3.62. The van der Waals surface area contributed by atoms with E-state index in [0.717, 1.165) is 5.56 Å². The van der Waals surface area contributed by atoms with Crippen LogP contribution < -0.4 is 11.1 Å². The number of carbonyl (C=O) groups excluding carboxylic acids is 1. The lowest BCUT2D eigenvalue weighted by Gasteiger charge is -2.10. The Balaban J connectivity index is 2.25. The number of carbonyl (C=O) groups is 1. The van der Waals surface area contributed by atoms with Gasteiger partial charge in [0.05, 0.1) is 10.6 Å². The summed E-state index contributed by atoms with van der Waals surface area (Å²) in [4.78, 5) is 12.1. The molecule has 0 aliphatic rings. The minimum atomic E-state index is -0.321. The minimum Gasteiger partial charge on any atom is -0.508 e. The van der Waals surface area contributed by atoms with Gasteiger partial charge in [0.2, 0.25) is 0 Å². The first-order chi connectivity index (χ1) is 8.97. The number of anilines is 2. The summed E-state index contributed by atoms with van der Waals surface area (Å²) < 4.78 is 0. The fourth-order valence-corrected chi connectivity index (χ4v) is 1.97. The van der Waals surface area contributed by atoms with Crippen LogP contribution in [-0.2, 0) is 0 Å². The van der Waals surface area contributed by atoms with Crippen molar-refractivity contribution < 1.29 is 9.90 Å². The number of halogens is 1. The van der Waals surface area contributed by atoms with Gasteiger partial charge in [0.1, 0.15) is 5.75 Å². The maximum absolute atomic E-state index is 12.1. The first-order valence-electron chi connectivity index (χ1n) is 5.63. The number of hydrogen-bond acceptors (Lipinski definition) is 3. The number of phenols is 1. The van der Waals surface area contributed by atoms with Crippen molar-refractivity contribution in [2.45, 2.75) is 6.92 Å². The highest BCUT2D eigenvalue weighted by atomic mass is 35.5. The Bertz CT molecular complexity index is 641. The average molecular weight is 277 g/mol. The highest BCUT2D eigenvalue weighted by Crippen LogP contribution is 2.23. The number of hydrogen-bond donors (Lipinski definition) is 3. The molecular formula is C14H13ClN2O2. The number of amides is 1. The third-order valence-electron chi connectivity index (χ3n) is 2.70. The number of phenolic OH excluding ortho intramolecular Hbond substituents is 1. The molecule has 0 aliphatic heterocycles. The third kappa shape index (κ3) is 2.98. The van der Waals surface area contributed by atoms with Crippen molar-refractivity contribution in [3.8, 4) is 5.75 Å². The molecule has 98 valence electrons. The maximum atomic E-state index is 12.1. The fraction of sp³-hybridized carbons (Fsp3) is 0.0714. The summed E-state index contributed by atoms with van der Waals surface area (Å²) in [7, 11) is 0. The SMILES string of the molecule is Cc1cc(O)ccc1NC(=O)c1ccc(N)cc1Cl. The summed E-state index contributed by atoms with van der Waals surface area (Å²) in [6, 6.07) is 9.43. The van der Waals surface area contributed by atoms with Crippen molar-refractivity contribution >= 4 is 28.9 Å². The van der Waals surface area contributed by atoms with Gasteiger partial charge in [-0.1, -0.05) is 11.6 Å². The quantitative estimate of drug-likeness (QED) is 0.582. The van der Waals surface area contributed by atoms with Crippen molar-refractivity contribution in [3.63, 3.8) is 0 Å². The zero-order valence-electron chi connectivity index (χ0n) is 10.3.